The summed E-state index contributed by atoms with van der Waals surface area (Å²) < 4.78 is 5.36. The Balaban J connectivity index is 1.94. The molecule has 0 aliphatic rings. The Morgan fingerprint density at radius 3 is 2.61 bits per heavy atom. The van der Waals surface area contributed by atoms with Gasteiger partial charge in [-0.3, -0.25) is 9.69 Å². The van der Waals surface area contributed by atoms with Crippen LogP contribution in [0.2, 0.25) is 5.02 Å². The molecule has 0 atom stereocenters. The topological polar surface area (TPSA) is 62.6 Å². The molecule has 0 spiro atoms. The highest BCUT2D eigenvalue weighted by molar-refractivity contribution is 6.30. The monoisotopic (exact) mass is 398 g/mol. The van der Waals surface area contributed by atoms with Crippen molar-refractivity contribution in [3.63, 3.8) is 0 Å². The van der Waals surface area contributed by atoms with Gasteiger partial charge in [0.05, 0.1) is 0 Å². The van der Waals surface area contributed by atoms with E-state index in [1.54, 1.807) is 6.07 Å². The van der Waals surface area contributed by atoms with Crippen LogP contribution in [0.1, 0.15) is 31.9 Å². The number of anilines is 1. The largest absolute Gasteiger partial charge is 0.423 e. The van der Waals surface area contributed by atoms with Gasteiger partial charge in [-0.2, -0.15) is 0 Å². The molecule has 0 unspecified atom stereocenters. The van der Waals surface area contributed by atoms with Gasteiger partial charge < -0.3 is 9.73 Å². The number of nitrogens with one attached hydrogen (secondary N) is 1. The second kappa shape index (κ2) is 8.59. The summed E-state index contributed by atoms with van der Waals surface area (Å²) >= 11 is 6.12. The Morgan fingerprint density at radius 1 is 1.14 bits per heavy atom. The van der Waals surface area contributed by atoms with Gasteiger partial charge in [0.2, 0.25) is 5.91 Å². The SMILES string of the molecule is CC(=O)Nc1ccc2c(CN(Cc3cccc(Cl)c3)C(C)C)cc(=O)oc2c1. The van der Waals surface area contributed by atoms with Crippen LogP contribution in [0.5, 0.6) is 0 Å². The zero-order valence-corrected chi connectivity index (χ0v) is 16.9. The smallest absolute Gasteiger partial charge is 0.336 e. The van der Waals surface area contributed by atoms with E-state index < -0.39 is 5.63 Å². The first-order valence-electron chi connectivity index (χ1n) is 9.14. The average Bonchev–Trinajstić information content (AvgIpc) is 2.60. The van der Waals surface area contributed by atoms with Crippen molar-refractivity contribution in [2.24, 2.45) is 0 Å². The fourth-order valence-corrected chi connectivity index (χ4v) is 3.36. The van der Waals surface area contributed by atoms with Gasteiger partial charge in [-0.15, -0.1) is 0 Å². The summed E-state index contributed by atoms with van der Waals surface area (Å²) in [6.45, 7) is 6.98. The molecule has 3 aromatic rings. The highest BCUT2D eigenvalue weighted by Gasteiger charge is 2.15. The molecule has 0 aliphatic carbocycles. The van der Waals surface area contributed by atoms with Gasteiger partial charge in [0.1, 0.15) is 5.58 Å². The number of rotatable bonds is 6. The number of amides is 1. The normalized spacial score (nSPS) is 11.4. The van der Waals surface area contributed by atoms with Crippen LogP contribution in [0.15, 0.2) is 57.7 Å². The summed E-state index contributed by atoms with van der Waals surface area (Å²) in [6, 6.07) is 14.9. The third-order valence-corrected chi connectivity index (χ3v) is 4.76. The second-order valence-electron chi connectivity index (χ2n) is 7.11. The van der Waals surface area contributed by atoms with E-state index in [0.29, 0.717) is 29.4 Å². The lowest BCUT2D eigenvalue weighted by atomic mass is 10.1. The maximum Gasteiger partial charge on any atom is 0.336 e. The molecular formula is C22H23ClN2O3. The van der Waals surface area contributed by atoms with Crippen LogP contribution in [0.3, 0.4) is 0 Å². The molecule has 5 nitrogen and oxygen atoms in total. The van der Waals surface area contributed by atoms with Gasteiger partial charge in [-0.25, -0.2) is 4.79 Å². The van der Waals surface area contributed by atoms with Gasteiger partial charge in [0, 0.05) is 54.3 Å². The molecule has 1 aromatic heterocycles. The highest BCUT2D eigenvalue weighted by Crippen LogP contribution is 2.24. The summed E-state index contributed by atoms with van der Waals surface area (Å²) in [6.07, 6.45) is 0. The van der Waals surface area contributed by atoms with Crippen molar-refractivity contribution in [2.75, 3.05) is 5.32 Å². The van der Waals surface area contributed by atoms with E-state index in [1.165, 1.54) is 13.0 Å². The van der Waals surface area contributed by atoms with E-state index in [0.717, 1.165) is 16.5 Å². The Morgan fingerprint density at radius 2 is 1.93 bits per heavy atom. The van der Waals surface area contributed by atoms with E-state index in [9.17, 15) is 9.59 Å². The Kier molecular flexibility index (Phi) is 6.17. The van der Waals surface area contributed by atoms with Gasteiger partial charge in [-0.05, 0) is 49.2 Å². The molecule has 6 heteroatoms. The molecule has 1 amide bonds. The fraction of sp³-hybridized carbons (Fsp3) is 0.273. The minimum absolute atomic E-state index is 0.176. The number of halogens is 1. The first-order valence-corrected chi connectivity index (χ1v) is 9.52. The predicted octanol–water partition coefficient (Wildman–Crippen LogP) is 4.82. The lowest BCUT2D eigenvalue weighted by Gasteiger charge is -2.27. The van der Waals surface area contributed by atoms with Gasteiger partial charge in [0.25, 0.3) is 0 Å². The molecule has 0 radical (unpaired) electrons. The molecule has 0 bridgehead atoms. The van der Waals surface area contributed by atoms with Crippen molar-refractivity contribution >= 4 is 34.2 Å². The van der Waals surface area contributed by atoms with E-state index in [2.05, 4.69) is 24.1 Å². The number of hydrogen-bond donors (Lipinski definition) is 1. The number of carbonyl (C=O) groups is 1. The summed E-state index contributed by atoms with van der Waals surface area (Å²) in [7, 11) is 0. The van der Waals surface area contributed by atoms with Crippen LogP contribution in [-0.4, -0.2) is 16.8 Å². The maximum atomic E-state index is 12.1. The molecule has 3 rings (SSSR count). The predicted molar refractivity (Wildman–Crippen MR) is 113 cm³/mol. The zero-order valence-electron chi connectivity index (χ0n) is 16.2. The van der Waals surface area contributed by atoms with Crippen molar-refractivity contribution in [1.82, 2.24) is 4.90 Å². The molecule has 1 heterocycles. The summed E-state index contributed by atoms with van der Waals surface area (Å²) in [5.74, 6) is -0.176. The van der Waals surface area contributed by atoms with Crippen LogP contribution in [0.25, 0.3) is 11.0 Å². The zero-order chi connectivity index (χ0) is 20.3. The van der Waals surface area contributed by atoms with Crippen LogP contribution in [0, 0.1) is 0 Å². The molecule has 28 heavy (non-hydrogen) atoms. The standard InChI is InChI=1S/C22H23ClN2O3/c1-14(2)25(12-16-5-4-6-18(23)9-16)13-17-10-22(27)28-21-11-19(24-15(3)26)7-8-20(17)21/h4-11,14H,12-13H2,1-3H3,(H,24,26). The van der Waals surface area contributed by atoms with E-state index in [1.807, 2.05) is 36.4 Å². The van der Waals surface area contributed by atoms with Gasteiger partial charge in [0.15, 0.2) is 0 Å². The Labute approximate surface area is 168 Å². The van der Waals surface area contributed by atoms with Crippen molar-refractivity contribution < 1.29 is 9.21 Å². The Hall–Kier alpha value is -2.63. The van der Waals surface area contributed by atoms with Crippen LogP contribution < -0.4 is 10.9 Å². The second-order valence-corrected chi connectivity index (χ2v) is 7.55. The molecule has 0 saturated heterocycles. The van der Waals surface area contributed by atoms with Crippen molar-refractivity contribution in [3.8, 4) is 0 Å². The number of nitrogens with zero attached hydrogens (tertiary/aromatic N) is 1. The molecule has 0 fully saturated rings. The number of fused-ring (bicyclic) bond motifs is 1. The minimum Gasteiger partial charge on any atom is -0.423 e. The number of hydrogen-bond acceptors (Lipinski definition) is 4. The van der Waals surface area contributed by atoms with Crippen LogP contribution in [0.4, 0.5) is 5.69 Å². The molecule has 0 saturated carbocycles. The van der Waals surface area contributed by atoms with Gasteiger partial charge >= 0.3 is 5.63 Å². The maximum absolute atomic E-state index is 12.1. The van der Waals surface area contributed by atoms with Crippen molar-refractivity contribution in [1.29, 1.82) is 0 Å². The summed E-state index contributed by atoms with van der Waals surface area (Å²) in [4.78, 5) is 25.6. The fourth-order valence-electron chi connectivity index (χ4n) is 3.15. The molecule has 2 aromatic carbocycles. The van der Waals surface area contributed by atoms with Crippen molar-refractivity contribution in [2.45, 2.75) is 39.9 Å². The summed E-state index contributed by atoms with van der Waals surface area (Å²) in [5.41, 5.74) is 2.65. The summed E-state index contributed by atoms with van der Waals surface area (Å²) in [5, 5.41) is 4.27. The van der Waals surface area contributed by atoms with E-state index in [4.69, 9.17) is 16.0 Å². The van der Waals surface area contributed by atoms with E-state index >= 15 is 0 Å². The first kappa shape index (κ1) is 20.1. The third kappa shape index (κ3) is 5.00. The van der Waals surface area contributed by atoms with Gasteiger partial charge in [-0.1, -0.05) is 23.7 Å². The van der Waals surface area contributed by atoms with Crippen molar-refractivity contribution in [3.05, 3.63) is 75.1 Å². The highest BCUT2D eigenvalue weighted by atomic mass is 35.5. The molecule has 0 aliphatic heterocycles. The number of benzene rings is 2. The minimum atomic E-state index is -0.408. The van der Waals surface area contributed by atoms with E-state index in [-0.39, 0.29) is 11.9 Å². The quantitative estimate of drug-likeness (QED) is 0.605. The first-order chi connectivity index (χ1) is 13.3. The molecule has 146 valence electrons. The molecule has 1 N–H and O–H groups in total. The average molecular weight is 399 g/mol. The van der Waals surface area contributed by atoms with Crippen LogP contribution in [-0.2, 0) is 17.9 Å². The third-order valence-electron chi connectivity index (χ3n) is 4.53. The lowest BCUT2D eigenvalue weighted by molar-refractivity contribution is -0.114. The number of carbonyl (C=O) groups excluding carboxylic acids is 1. The Bertz CT molecular complexity index is 1060. The van der Waals surface area contributed by atoms with Crippen LogP contribution >= 0.6 is 11.6 Å². The molecular weight excluding hydrogens is 376 g/mol. The lowest BCUT2D eigenvalue weighted by Crippen LogP contribution is -2.30.